The van der Waals surface area contributed by atoms with Crippen LogP contribution in [0.15, 0.2) is 59.0 Å². The Hall–Kier alpha value is -2.99. The summed E-state index contributed by atoms with van der Waals surface area (Å²) in [5.74, 6) is 0.224. The molecule has 24 heavy (non-hydrogen) atoms. The van der Waals surface area contributed by atoms with Gasteiger partial charge in [-0.05, 0) is 29.3 Å². The van der Waals surface area contributed by atoms with Crippen LogP contribution in [0.3, 0.4) is 0 Å². The van der Waals surface area contributed by atoms with Crippen molar-refractivity contribution in [3.8, 4) is 11.5 Å². The molecule has 0 fully saturated rings. The van der Waals surface area contributed by atoms with E-state index in [1.165, 1.54) is 12.1 Å². The van der Waals surface area contributed by atoms with Crippen molar-refractivity contribution in [1.29, 1.82) is 0 Å². The summed E-state index contributed by atoms with van der Waals surface area (Å²) >= 11 is 5.58. The van der Waals surface area contributed by atoms with Crippen molar-refractivity contribution in [2.45, 2.75) is 6.42 Å². The van der Waals surface area contributed by atoms with Gasteiger partial charge >= 0.3 is 0 Å². The number of nitro groups is 1. The van der Waals surface area contributed by atoms with E-state index in [2.05, 4.69) is 4.98 Å². The Morgan fingerprint density at radius 3 is 2.58 bits per heavy atom. The van der Waals surface area contributed by atoms with Gasteiger partial charge in [-0.15, -0.1) is 0 Å². The van der Waals surface area contributed by atoms with Gasteiger partial charge in [-0.25, -0.2) is 4.98 Å². The number of rotatable bonds is 5. The number of carbonyl (C=O) groups excluding carboxylic acids is 1. The van der Waals surface area contributed by atoms with Crippen molar-refractivity contribution in [2.24, 2.45) is 0 Å². The molecule has 0 saturated carbocycles. The molecule has 0 N–H and O–H groups in total. The lowest BCUT2D eigenvalue weighted by Crippen LogP contribution is -1.97. The number of oxazole rings is 1. The number of hydrogen-bond donors (Lipinski definition) is 0. The van der Waals surface area contributed by atoms with Gasteiger partial charge in [0.15, 0.2) is 0 Å². The van der Waals surface area contributed by atoms with E-state index >= 15 is 0 Å². The van der Waals surface area contributed by atoms with Crippen LogP contribution in [0.5, 0.6) is 0 Å². The summed E-state index contributed by atoms with van der Waals surface area (Å²) in [6.45, 7) is 0. The number of benzene rings is 2. The lowest BCUT2D eigenvalue weighted by atomic mass is 10.1. The molecule has 7 heteroatoms. The third-order valence-electron chi connectivity index (χ3n) is 3.39. The van der Waals surface area contributed by atoms with Crippen molar-refractivity contribution in [3.63, 3.8) is 0 Å². The number of nitro benzene ring substituents is 1. The molecular weight excluding hydrogens is 332 g/mol. The van der Waals surface area contributed by atoms with Gasteiger partial charge in [-0.3, -0.25) is 14.9 Å². The summed E-state index contributed by atoms with van der Waals surface area (Å²) in [5.41, 5.74) is 1.66. The second-order valence-electron chi connectivity index (χ2n) is 5.04. The third kappa shape index (κ3) is 3.33. The van der Waals surface area contributed by atoms with Gasteiger partial charge in [0, 0.05) is 24.1 Å². The Kier molecular flexibility index (Phi) is 4.39. The fraction of sp³-hybridized carbons (Fsp3) is 0.0588. The number of carbonyl (C=O) groups is 1. The Bertz CT molecular complexity index is 906. The van der Waals surface area contributed by atoms with Crippen molar-refractivity contribution < 1.29 is 14.1 Å². The Labute approximate surface area is 141 Å². The van der Waals surface area contributed by atoms with Gasteiger partial charge in [-0.1, -0.05) is 30.3 Å². The van der Waals surface area contributed by atoms with Crippen LogP contribution >= 0.6 is 11.6 Å². The summed E-state index contributed by atoms with van der Waals surface area (Å²) in [6.07, 6.45) is 0.200. The minimum absolute atomic E-state index is 0.0296. The van der Waals surface area contributed by atoms with Crippen LogP contribution in [0.2, 0.25) is 0 Å². The average Bonchev–Trinajstić information content (AvgIpc) is 3.00. The van der Waals surface area contributed by atoms with E-state index in [-0.39, 0.29) is 23.8 Å². The first-order chi connectivity index (χ1) is 11.5. The highest BCUT2D eigenvalue weighted by molar-refractivity contribution is 6.67. The highest BCUT2D eigenvalue weighted by Crippen LogP contribution is 2.25. The smallest absolute Gasteiger partial charge is 0.289 e. The second kappa shape index (κ2) is 6.64. The fourth-order valence-electron chi connectivity index (χ4n) is 2.30. The predicted octanol–water partition coefficient (Wildman–Crippen LogP) is 4.22. The molecule has 0 aliphatic carbocycles. The van der Waals surface area contributed by atoms with Gasteiger partial charge in [0.2, 0.25) is 11.7 Å². The van der Waals surface area contributed by atoms with E-state index in [9.17, 15) is 14.9 Å². The quantitative estimate of drug-likeness (QED) is 0.393. The fourth-order valence-corrected chi connectivity index (χ4v) is 2.45. The van der Waals surface area contributed by atoms with Crippen LogP contribution in [0.25, 0.3) is 11.5 Å². The van der Waals surface area contributed by atoms with E-state index in [1.807, 2.05) is 18.2 Å². The lowest BCUT2D eigenvalue weighted by Gasteiger charge is -1.99. The summed E-state index contributed by atoms with van der Waals surface area (Å²) in [7, 11) is 0. The third-order valence-corrected chi connectivity index (χ3v) is 3.56. The molecule has 1 aromatic heterocycles. The summed E-state index contributed by atoms with van der Waals surface area (Å²) < 4.78 is 5.49. The molecule has 0 aliphatic heterocycles. The number of nitrogens with zero attached hydrogens (tertiary/aromatic N) is 2. The van der Waals surface area contributed by atoms with Gasteiger partial charge in [0.05, 0.1) is 10.6 Å². The molecule has 0 bridgehead atoms. The first-order valence-corrected chi connectivity index (χ1v) is 7.40. The maximum absolute atomic E-state index is 11.6. The van der Waals surface area contributed by atoms with Crippen LogP contribution in [0.4, 0.5) is 5.69 Å². The number of halogens is 1. The molecular formula is C17H11ClN2O4. The Morgan fingerprint density at radius 1 is 1.17 bits per heavy atom. The van der Waals surface area contributed by atoms with Crippen molar-refractivity contribution in [3.05, 3.63) is 81.7 Å². The second-order valence-corrected chi connectivity index (χ2v) is 5.38. The average molecular weight is 343 g/mol. The summed E-state index contributed by atoms with van der Waals surface area (Å²) in [4.78, 5) is 26.3. The van der Waals surface area contributed by atoms with Gasteiger partial charge in [0.1, 0.15) is 0 Å². The first-order valence-electron chi connectivity index (χ1n) is 7.03. The van der Waals surface area contributed by atoms with Crippen LogP contribution in [-0.2, 0) is 6.42 Å². The van der Waals surface area contributed by atoms with Gasteiger partial charge in [-0.2, -0.15) is 0 Å². The zero-order valence-electron chi connectivity index (χ0n) is 12.3. The van der Waals surface area contributed by atoms with Crippen molar-refractivity contribution in [2.75, 3.05) is 0 Å². The Morgan fingerprint density at radius 2 is 1.92 bits per heavy atom. The number of aromatic nitrogens is 1. The molecule has 0 amide bonds. The summed E-state index contributed by atoms with van der Waals surface area (Å²) in [5, 5.41) is 10.1. The van der Waals surface area contributed by atoms with Gasteiger partial charge in [0.25, 0.3) is 10.9 Å². The molecule has 0 radical (unpaired) electrons. The molecule has 2 aromatic carbocycles. The monoisotopic (exact) mass is 342 g/mol. The molecule has 6 nitrogen and oxygen atoms in total. The van der Waals surface area contributed by atoms with Crippen LogP contribution < -0.4 is 0 Å². The van der Waals surface area contributed by atoms with Crippen molar-refractivity contribution >= 4 is 22.5 Å². The van der Waals surface area contributed by atoms with Gasteiger partial charge < -0.3 is 4.42 Å². The first kappa shape index (κ1) is 15.9. The molecule has 0 saturated heterocycles. The molecule has 0 atom stereocenters. The number of non-ortho nitro benzene ring substituents is 1. The topological polar surface area (TPSA) is 86.2 Å². The van der Waals surface area contributed by atoms with Crippen LogP contribution in [0, 0.1) is 10.1 Å². The minimum Gasteiger partial charge on any atom is -0.431 e. The predicted molar refractivity (Wildman–Crippen MR) is 88.0 cm³/mol. The zero-order chi connectivity index (χ0) is 17.1. The minimum atomic E-state index is -0.759. The SMILES string of the molecule is O=C(Cl)c1oc(-c2ccccc2)nc1Cc1cccc([N+](=O)[O-])c1. The molecule has 0 unspecified atom stereocenters. The Balaban J connectivity index is 1.98. The largest absolute Gasteiger partial charge is 0.431 e. The molecule has 0 aliphatic rings. The maximum Gasteiger partial charge on any atom is 0.289 e. The number of hydrogen-bond acceptors (Lipinski definition) is 5. The summed E-state index contributed by atoms with van der Waals surface area (Å²) in [6, 6.07) is 15.2. The van der Waals surface area contributed by atoms with E-state index < -0.39 is 10.2 Å². The highest BCUT2D eigenvalue weighted by atomic mass is 35.5. The van der Waals surface area contributed by atoms with Crippen LogP contribution in [-0.4, -0.2) is 15.1 Å². The van der Waals surface area contributed by atoms with E-state index in [4.69, 9.17) is 16.0 Å². The molecule has 3 rings (SSSR count). The highest BCUT2D eigenvalue weighted by Gasteiger charge is 2.20. The van der Waals surface area contributed by atoms with E-state index in [1.54, 1.807) is 24.3 Å². The van der Waals surface area contributed by atoms with Crippen molar-refractivity contribution in [1.82, 2.24) is 4.98 Å². The molecule has 3 aromatic rings. The van der Waals surface area contributed by atoms with E-state index in [0.717, 1.165) is 0 Å². The van der Waals surface area contributed by atoms with Crippen LogP contribution in [0.1, 0.15) is 21.8 Å². The normalized spacial score (nSPS) is 10.5. The lowest BCUT2D eigenvalue weighted by molar-refractivity contribution is -0.384. The maximum atomic E-state index is 11.6. The standard InChI is InChI=1S/C17H11ClN2O4/c18-16(21)15-14(10-11-5-4-8-13(9-11)20(22)23)19-17(24-15)12-6-2-1-3-7-12/h1-9H,10H2. The zero-order valence-corrected chi connectivity index (χ0v) is 13.1. The molecule has 120 valence electrons. The molecule has 1 heterocycles. The molecule has 0 spiro atoms. The van der Waals surface area contributed by atoms with E-state index in [0.29, 0.717) is 16.8 Å².